The molecule has 1 aromatic heterocycles. The molecule has 0 aliphatic carbocycles. The van der Waals surface area contributed by atoms with Crippen molar-refractivity contribution in [3.63, 3.8) is 0 Å². The topological polar surface area (TPSA) is 85.2 Å². The summed E-state index contributed by atoms with van der Waals surface area (Å²) in [5.41, 5.74) is 15.5. The number of anilines is 2. The second kappa shape index (κ2) is 5.27. The van der Waals surface area contributed by atoms with Crippen LogP contribution in [0.3, 0.4) is 0 Å². The van der Waals surface area contributed by atoms with Gasteiger partial charge in [-0.25, -0.2) is 4.98 Å². The van der Waals surface area contributed by atoms with Gasteiger partial charge in [0.05, 0.1) is 23.3 Å². The number of nitrogens with two attached hydrogens (primary N) is 2. The van der Waals surface area contributed by atoms with Gasteiger partial charge in [0.15, 0.2) is 0 Å². The van der Waals surface area contributed by atoms with Crippen molar-refractivity contribution in [2.45, 2.75) is 13.5 Å². The van der Waals surface area contributed by atoms with Crippen molar-refractivity contribution >= 4 is 28.6 Å². The van der Waals surface area contributed by atoms with Crippen molar-refractivity contribution in [3.8, 4) is 0 Å². The van der Waals surface area contributed by atoms with Crippen molar-refractivity contribution < 1.29 is 4.79 Å². The molecule has 1 heterocycles. The van der Waals surface area contributed by atoms with E-state index in [1.807, 2.05) is 30.4 Å². The molecule has 0 atom stereocenters. The average molecular weight is 276 g/mol. The highest BCUT2D eigenvalue weighted by molar-refractivity contribution is 7.09. The van der Waals surface area contributed by atoms with Gasteiger partial charge in [-0.05, 0) is 25.1 Å². The fourth-order valence-corrected chi connectivity index (χ4v) is 2.61. The molecule has 0 spiro atoms. The predicted molar refractivity (Wildman–Crippen MR) is 78.3 cm³/mol. The standard InChI is InChI=1S/C13H16N4OS/c1-8-12(19-7-16-8)6-17(2)9-3-4-11(14)10(5-9)13(15)18/h3-5,7H,6,14H2,1-2H3,(H2,15,18). The third kappa shape index (κ3) is 2.85. The molecule has 1 aromatic carbocycles. The van der Waals surface area contributed by atoms with Crippen LogP contribution in [0, 0.1) is 6.92 Å². The lowest BCUT2D eigenvalue weighted by Crippen LogP contribution is -2.19. The van der Waals surface area contributed by atoms with Gasteiger partial charge in [-0.3, -0.25) is 4.79 Å². The van der Waals surface area contributed by atoms with E-state index in [0.717, 1.165) is 17.9 Å². The first-order valence-electron chi connectivity index (χ1n) is 5.78. The van der Waals surface area contributed by atoms with Gasteiger partial charge in [-0.1, -0.05) is 0 Å². The van der Waals surface area contributed by atoms with Gasteiger partial charge < -0.3 is 16.4 Å². The number of hydrogen-bond donors (Lipinski definition) is 2. The zero-order valence-corrected chi connectivity index (χ0v) is 11.7. The van der Waals surface area contributed by atoms with Crippen LogP contribution in [0.15, 0.2) is 23.7 Å². The molecule has 1 amide bonds. The molecule has 0 fully saturated rings. The number of aromatic nitrogens is 1. The van der Waals surface area contributed by atoms with Crippen LogP contribution in [0.4, 0.5) is 11.4 Å². The average Bonchev–Trinajstić information content (AvgIpc) is 2.75. The van der Waals surface area contributed by atoms with Crippen molar-refractivity contribution in [2.24, 2.45) is 5.73 Å². The number of amides is 1. The maximum absolute atomic E-state index is 11.3. The van der Waals surface area contributed by atoms with Crippen molar-refractivity contribution in [3.05, 3.63) is 39.8 Å². The molecular weight excluding hydrogens is 260 g/mol. The Kier molecular flexibility index (Phi) is 3.71. The van der Waals surface area contributed by atoms with Crippen molar-refractivity contribution in [1.82, 2.24) is 4.98 Å². The minimum atomic E-state index is -0.512. The third-order valence-electron chi connectivity index (χ3n) is 2.97. The lowest BCUT2D eigenvalue weighted by atomic mass is 10.1. The lowest BCUT2D eigenvalue weighted by molar-refractivity contribution is 0.100. The molecule has 0 saturated heterocycles. The Bertz CT molecular complexity index is 608. The van der Waals surface area contributed by atoms with E-state index in [9.17, 15) is 4.79 Å². The van der Waals surface area contributed by atoms with Crippen LogP contribution >= 0.6 is 11.3 Å². The maximum Gasteiger partial charge on any atom is 0.250 e. The van der Waals surface area contributed by atoms with Crippen molar-refractivity contribution in [1.29, 1.82) is 0 Å². The molecule has 6 heteroatoms. The van der Waals surface area contributed by atoms with Crippen LogP contribution in [0.2, 0.25) is 0 Å². The zero-order chi connectivity index (χ0) is 14.0. The Morgan fingerprint density at radius 1 is 1.47 bits per heavy atom. The van der Waals surface area contributed by atoms with Gasteiger partial charge in [0.25, 0.3) is 5.91 Å². The number of hydrogen-bond acceptors (Lipinski definition) is 5. The smallest absolute Gasteiger partial charge is 0.250 e. The Balaban J connectivity index is 2.24. The second-order valence-corrected chi connectivity index (χ2v) is 5.29. The summed E-state index contributed by atoms with van der Waals surface area (Å²) in [5, 5.41) is 0. The first-order chi connectivity index (χ1) is 8.99. The summed E-state index contributed by atoms with van der Waals surface area (Å²) in [6, 6.07) is 5.29. The molecule has 0 unspecified atom stereocenters. The monoisotopic (exact) mass is 276 g/mol. The number of benzene rings is 1. The highest BCUT2D eigenvalue weighted by Gasteiger charge is 2.11. The molecule has 0 aliphatic rings. The molecular formula is C13H16N4OS. The molecule has 0 bridgehead atoms. The molecule has 2 rings (SSSR count). The number of rotatable bonds is 4. The van der Waals surface area contributed by atoms with E-state index in [-0.39, 0.29) is 0 Å². The van der Waals surface area contributed by atoms with E-state index >= 15 is 0 Å². The number of nitrogen functional groups attached to an aromatic ring is 1. The van der Waals surface area contributed by atoms with E-state index in [2.05, 4.69) is 4.98 Å². The van der Waals surface area contributed by atoms with Crippen LogP contribution in [-0.2, 0) is 6.54 Å². The third-order valence-corrected chi connectivity index (χ3v) is 3.89. The van der Waals surface area contributed by atoms with Gasteiger partial charge in [-0.15, -0.1) is 11.3 Å². The summed E-state index contributed by atoms with van der Waals surface area (Å²) in [6.07, 6.45) is 0. The fourth-order valence-electron chi connectivity index (χ4n) is 1.78. The van der Waals surface area contributed by atoms with E-state index in [1.165, 1.54) is 4.88 Å². The van der Waals surface area contributed by atoms with Crippen LogP contribution in [0.25, 0.3) is 0 Å². The summed E-state index contributed by atoms with van der Waals surface area (Å²) in [6.45, 7) is 2.72. The number of nitrogens with zero attached hydrogens (tertiary/aromatic N) is 2. The molecule has 0 saturated carbocycles. The number of carbonyl (C=O) groups is 1. The molecule has 4 N–H and O–H groups in total. The van der Waals surface area contributed by atoms with Crippen molar-refractivity contribution in [2.75, 3.05) is 17.7 Å². The minimum Gasteiger partial charge on any atom is -0.398 e. The van der Waals surface area contributed by atoms with E-state index in [0.29, 0.717) is 11.3 Å². The van der Waals surface area contributed by atoms with E-state index < -0.39 is 5.91 Å². The zero-order valence-electron chi connectivity index (χ0n) is 10.9. The molecule has 2 aromatic rings. The van der Waals surface area contributed by atoms with Gasteiger partial charge in [-0.2, -0.15) is 0 Å². The van der Waals surface area contributed by atoms with Crippen LogP contribution in [-0.4, -0.2) is 17.9 Å². The Morgan fingerprint density at radius 3 is 2.79 bits per heavy atom. The van der Waals surface area contributed by atoms with Gasteiger partial charge in [0, 0.05) is 23.3 Å². The quantitative estimate of drug-likeness (QED) is 0.833. The highest BCUT2D eigenvalue weighted by atomic mass is 32.1. The summed E-state index contributed by atoms with van der Waals surface area (Å²) in [5.74, 6) is -0.512. The fraction of sp³-hybridized carbons (Fsp3) is 0.231. The first kappa shape index (κ1) is 13.4. The summed E-state index contributed by atoms with van der Waals surface area (Å²) in [4.78, 5) is 18.7. The van der Waals surface area contributed by atoms with Gasteiger partial charge in [0.2, 0.25) is 0 Å². The Hall–Kier alpha value is -2.08. The van der Waals surface area contributed by atoms with Crippen LogP contribution in [0.5, 0.6) is 0 Å². The van der Waals surface area contributed by atoms with Crippen LogP contribution < -0.4 is 16.4 Å². The van der Waals surface area contributed by atoms with Crippen LogP contribution in [0.1, 0.15) is 20.9 Å². The predicted octanol–water partition coefficient (Wildman–Crippen LogP) is 1.77. The molecule has 100 valence electrons. The normalized spacial score (nSPS) is 10.4. The number of thiazole rings is 1. The van der Waals surface area contributed by atoms with E-state index in [4.69, 9.17) is 11.5 Å². The second-order valence-electron chi connectivity index (χ2n) is 4.35. The molecule has 0 aliphatic heterocycles. The largest absolute Gasteiger partial charge is 0.398 e. The highest BCUT2D eigenvalue weighted by Crippen LogP contribution is 2.23. The van der Waals surface area contributed by atoms with Gasteiger partial charge >= 0.3 is 0 Å². The molecule has 0 radical (unpaired) electrons. The maximum atomic E-state index is 11.3. The van der Waals surface area contributed by atoms with Gasteiger partial charge in [0.1, 0.15) is 0 Å². The molecule has 5 nitrogen and oxygen atoms in total. The molecule has 19 heavy (non-hydrogen) atoms. The van der Waals surface area contributed by atoms with E-state index in [1.54, 1.807) is 23.5 Å². The SMILES string of the molecule is Cc1ncsc1CN(C)c1ccc(N)c(C(N)=O)c1. The first-order valence-corrected chi connectivity index (χ1v) is 6.66. The summed E-state index contributed by atoms with van der Waals surface area (Å²) >= 11 is 1.62. The summed E-state index contributed by atoms with van der Waals surface area (Å²) < 4.78 is 0. The number of aryl methyl sites for hydroxylation is 1. The summed E-state index contributed by atoms with van der Waals surface area (Å²) in [7, 11) is 1.95. The lowest BCUT2D eigenvalue weighted by Gasteiger charge is -2.19. The number of primary amides is 1. The Labute approximate surface area is 115 Å². The minimum absolute atomic E-state index is 0.352. The number of carbonyl (C=O) groups excluding carboxylic acids is 1. The Morgan fingerprint density at radius 2 is 2.21 bits per heavy atom.